The number of carbonyl (C=O) groups excluding carboxylic acids is 1. The average molecular weight is 193 g/mol. The number of carbonyl (C=O) groups is 1. The van der Waals surface area contributed by atoms with Gasteiger partial charge in [0.2, 0.25) is 0 Å². The van der Waals surface area contributed by atoms with E-state index < -0.39 is 12.1 Å². The predicted octanol–water partition coefficient (Wildman–Crippen LogP) is 2.12. The van der Waals surface area contributed by atoms with Crippen molar-refractivity contribution in [3.63, 3.8) is 0 Å². The molecule has 12 heavy (non-hydrogen) atoms. The molecule has 0 saturated heterocycles. The third kappa shape index (κ3) is 1.76. The van der Waals surface area contributed by atoms with E-state index in [0.717, 1.165) is 7.11 Å². The average Bonchev–Trinajstić information content (AvgIpc) is 2.49. The minimum Gasteiger partial charge on any atom is -0.467 e. The van der Waals surface area contributed by atoms with Gasteiger partial charge in [-0.2, -0.15) is 0 Å². The molecule has 0 aliphatic carbocycles. The van der Waals surface area contributed by atoms with Gasteiger partial charge in [0.15, 0.2) is 11.0 Å². The summed E-state index contributed by atoms with van der Waals surface area (Å²) in [6, 6.07) is 2.64. The van der Waals surface area contributed by atoms with Gasteiger partial charge in [0.25, 0.3) is 6.17 Å². The van der Waals surface area contributed by atoms with Crippen molar-refractivity contribution in [2.75, 3.05) is 7.11 Å². The third-order valence-corrected chi connectivity index (χ3v) is 1.46. The van der Waals surface area contributed by atoms with Gasteiger partial charge in [-0.15, -0.1) is 0 Å². The van der Waals surface area contributed by atoms with E-state index in [-0.39, 0.29) is 11.0 Å². The molecule has 0 N–H and O–H groups in total. The Kier molecular flexibility index (Phi) is 2.70. The summed E-state index contributed by atoms with van der Waals surface area (Å²) >= 11 is 5.37. The Bertz CT molecular complexity index is 284. The fourth-order valence-corrected chi connectivity index (χ4v) is 0.836. The second-order valence-corrected chi connectivity index (χ2v) is 2.40. The number of esters is 1. The molecule has 1 aromatic heterocycles. The van der Waals surface area contributed by atoms with Crippen LogP contribution in [-0.4, -0.2) is 13.1 Å². The molecular weight excluding hydrogens is 187 g/mol. The summed E-state index contributed by atoms with van der Waals surface area (Å²) in [4.78, 5) is 10.6. The van der Waals surface area contributed by atoms with E-state index in [2.05, 4.69) is 9.15 Å². The van der Waals surface area contributed by atoms with Gasteiger partial charge < -0.3 is 9.15 Å². The lowest BCUT2D eigenvalue weighted by molar-refractivity contribution is -0.147. The van der Waals surface area contributed by atoms with Gasteiger partial charge >= 0.3 is 5.97 Å². The summed E-state index contributed by atoms with van der Waals surface area (Å²) in [6.07, 6.45) is -1.90. The van der Waals surface area contributed by atoms with Crippen LogP contribution < -0.4 is 0 Å². The monoisotopic (exact) mass is 192 g/mol. The highest BCUT2D eigenvalue weighted by Gasteiger charge is 2.23. The van der Waals surface area contributed by atoms with Gasteiger partial charge in [-0.05, 0) is 23.7 Å². The molecule has 0 aliphatic heterocycles. The van der Waals surface area contributed by atoms with Crippen LogP contribution in [0.4, 0.5) is 4.39 Å². The Morgan fingerprint density at radius 2 is 2.42 bits per heavy atom. The Labute approximate surface area is 73.1 Å². The smallest absolute Gasteiger partial charge is 0.348 e. The van der Waals surface area contributed by atoms with Crippen molar-refractivity contribution in [3.8, 4) is 0 Å². The highest BCUT2D eigenvalue weighted by Crippen LogP contribution is 2.23. The van der Waals surface area contributed by atoms with Crippen LogP contribution in [0.2, 0.25) is 5.22 Å². The third-order valence-electron chi connectivity index (χ3n) is 1.25. The number of hydrogen-bond donors (Lipinski definition) is 0. The van der Waals surface area contributed by atoms with Gasteiger partial charge in [0, 0.05) is 0 Å². The molecule has 1 heterocycles. The first-order valence-electron chi connectivity index (χ1n) is 3.12. The molecule has 66 valence electrons. The van der Waals surface area contributed by atoms with E-state index in [4.69, 9.17) is 11.6 Å². The molecule has 0 spiro atoms. The van der Waals surface area contributed by atoms with Crippen LogP contribution in [0.5, 0.6) is 0 Å². The second-order valence-electron chi connectivity index (χ2n) is 2.03. The number of furan rings is 1. The van der Waals surface area contributed by atoms with Crippen LogP contribution in [0, 0.1) is 0 Å². The molecule has 0 fully saturated rings. The molecule has 5 heteroatoms. The van der Waals surface area contributed by atoms with Crippen LogP contribution in [0.25, 0.3) is 0 Å². The number of methoxy groups -OCH3 is 1. The zero-order valence-electron chi connectivity index (χ0n) is 6.21. The fourth-order valence-electron chi connectivity index (χ4n) is 0.684. The molecule has 1 unspecified atom stereocenters. The zero-order valence-corrected chi connectivity index (χ0v) is 6.97. The quantitative estimate of drug-likeness (QED) is 0.674. The maximum Gasteiger partial charge on any atom is 0.348 e. The summed E-state index contributed by atoms with van der Waals surface area (Å²) in [5.74, 6) is -1.15. The van der Waals surface area contributed by atoms with E-state index >= 15 is 0 Å². The summed E-state index contributed by atoms with van der Waals surface area (Å²) in [7, 11) is 1.10. The van der Waals surface area contributed by atoms with Gasteiger partial charge in [-0.1, -0.05) is 0 Å². The largest absolute Gasteiger partial charge is 0.467 e. The summed E-state index contributed by atoms with van der Waals surface area (Å²) in [5, 5.41) is 0.0385. The van der Waals surface area contributed by atoms with Crippen molar-refractivity contribution >= 4 is 17.6 Å². The highest BCUT2D eigenvalue weighted by atomic mass is 35.5. The van der Waals surface area contributed by atoms with Crippen molar-refractivity contribution in [1.29, 1.82) is 0 Å². The van der Waals surface area contributed by atoms with Crippen LogP contribution in [-0.2, 0) is 9.53 Å². The molecule has 1 atom stereocenters. The number of alkyl halides is 1. The van der Waals surface area contributed by atoms with E-state index in [1.54, 1.807) is 0 Å². The van der Waals surface area contributed by atoms with Crippen molar-refractivity contribution in [3.05, 3.63) is 23.1 Å². The lowest BCUT2D eigenvalue weighted by Gasteiger charge is -2.00. The maximum absolute atomic E-state index is 12.9. The molecule has 1 aromatic rings. The Morgan fingerprint density at radius 1 is 1.75 bits per heavy atom. The lowest BCUT2D eigenvalue weighted by atomic mass is 10.3. The van der Waals surface area contributed by atoms with Crippen LogP contribution in [0.1, 0.15) is 11.9 Å². The Morgan fingerprint density at radius 3 is 2.83 bits per heavy atom. The number of ether oxygens (including phenoxy) is 1. The predicted molar refractivity (Wildman–Crippen MR) is 39.6 cm³/mol. The van der Waals surface area contributed by atoms with E-state index in [0.29, 0.717) is 0 Å². The number of hydrogen-bond acceptors (Lipinski definition) is 3. The van der Waals surface area contributed by atoms with Crippen LogP contribution >= 0.6 is 11.6 Å². The van der Waals surface area contributed by atoms with Crippen molar-refractivity contribution in [2.24, 2.45) is 0 Å². The first-order chi connectivity index (χ1) is 5.65. The molecular formula is C7H6ClFO3. The van der Waals surface area contributed by atoms with Gasteiger partial charge in [0.1, 0.15) is 0 Å². The first-order valence-corrected chi connectivity index (χ1v) is 3.50. The van der Waals surface area contributed by atoms with E-state index in [1.165, 1.54) is 12.1 Å². The molecule has 0 bridgehead atoms. The number of halogens is 2. The molecule has 0 aliphatic rings. The van der Waals surface area contributed by atoms with Crippen LogP contribution in [0.3, 0.4) is 0 Å². The van der Waals surface area contributed by atoms with Gasteiger partial charge in [0.05, 0.1) is 7.11 Å². The SMILES string of the molecule is COC(=O)C(F)c1ccc(Cl)o1. The summed E-state index contributed by atoms with van der Waals surface area (Å²) in [5.41, 5.74) is 0. The summed E-state index contributed by atoms with van der Waals surface area (Å²) in [6.45, 7) is 0. The molecule has 3 nitrogen and oxygen atoms in total. The highest BCUT2D eigenvalue weighted by molar-refractivity contribution is 6.28. The first kappa shape index (κ1) is 9.06. The Hall–Kier alpha value is -1.03. The molecule has 0 amide bonds. The number of rotatable bonds is 2. The molecule has 0 saturated carbocycles. The van der Waals surface area contributed by atoms with Crippen molar-refractivity contribution in [2.45, 2.75) is 6.17 Å². The molecule has 0 aromatic carbocycles. The minimum atomic E-state index is -1.90. The normalized spacial score (nSPS) is 12.6. The van der Waals surface area contributed by atoms with Gasteiger partial charge in [-0.3, -0.25) is 0 Å². The molecule has 0 radical (unpaired) electrons. The van der Waals surface area contributed by atoms with Crippen LogP contribution in [0.15, 0.2) is 16.5 Å². The van der Waals surface area contributed by atoms with Crippen molar-refractivity contribution in [1.82, 2.24) is 0 Å². The molecule has 1 rings (SSSR count). The van der Waals surface area contributed by atoms with E-state index in [9.17, 15) is 9.18 Å². The summed E-state index contributed by atoms with van der Waals surface area (Å²) < 4.78 is 21.7. The topological polar surface area (TPSA) is 39.4 Å². The lowest BCUT2D eigenvalue weighted by Crippen LogP contribution is -2.08. The van der Waals surface area contributed by atoms with Crippen molar-refractivity contribution < 1.29 is 18.3 Å². The zero-order chi connectivity index (χ0) is 9.14. The second kappa shape index (κ2) is 3.58. The Balaban J connectivity index is 2.77. The van der Waals surface area contributed by atoms with E-state index in [1.807, 2.05) is 0 Å². The standard InChI is InChI=1S/C7H6ClFO3/c1-11-7(10)6(9)4-2-3-5(8)12-4/h2-3,6H,1H3. The fraction of sp³-hybridized carbons (Fsp3) is 0.286. The minimum absolute atomic E-state index is 0.0385. The van der Waals surface area contributed by atoms with Gasteiger partial charge in [-0.25, -0.2) is 9.18 Å². The maximum atomic E-state index is 12.9.